The number of aliphatic carboxylic acids is 1. The molecule has 1 aromatic carbocycles. The number of nitrogens with zero attached hydrogens (tertiary/aromatic N) is 2. The third kappa shape index (κ3) is 6.82. The molecular weight excluding hydrogens is 298 g/mol. The first-order chi connectivity index (χ1) is 10.9. The number of amides is 3. The van der Waals surface area contributed by atoms with Gasteiger partial charge in [-0.3, -0.25) is 9.59 Å². The van der Waals surface area contributed by atoms with Crippen molar-refractivity contribution in [2.24, 2.45) is 0 Å². The van der Waals surface area contributed by atoms with Crippen LogP contribution in [0.1, 0.15) is 18.9 Å². The molecule has 23 heavy (non-hydrogen) atoms. The zero-order chi connectivity index (χ0) is 17.2. The van der Waals surface area contributed by atoms with Crippen LogP contribution in [0.3, 0.4) is 0 Å². The van der Waals surface area contributed by atoms with Crippen LogP contribution in [0, 0.1) is 0 Å². The van der Waals surface area contributed by atoms with E-state index in [1.165, 1.54) is 9.80 Å². The highest BCUT2D eigenvalue weighted by molar-refractivity contribution is 5.82. The average Bonchev–Trinajstić information content (AvgIpc) is 2.53. The first kappa shape index (κ1) is 18.5. The predicted molar refractivity (Wildman–Crippen MR) is 85.8 cm³/mol. The molecule has 1 aromatic rings. The van der Waals surface area contributed by atoms with Crippen molar-refractivity contribution in [2.75, 3.05) is 26.7 Å². The number of urea groups is 1. The SMILES string of the molecule is CCN(CC(=O)O)C(=O)CCNC(=O)N(C)Cc1ccccc1. The normalized spacial score (nSPS) is 10.0. The maximum absolute atomic E-state index is 11.9. The van der Waals surface area contributed by atoms with Crippen LogP contribution in [0.2, 0.25) is 0 Å². The molecule has 0 atom stereocenters. The molecule has 0 aliphatic heterocycles. The fourth-order valence-electron chi connectivity index (χ4n) is 2.04. The van der Waals surface area contributed by atoms with Crippen molar-refractivity contribution in [1.82, 2.24) is 15.1 Å². The first-order valence-corrected chi connectivity index (χ1v) is 7.46. The van der Waals surface area contributed by atoms with E-state index in [1.807, 2.05) is 30.3 Å². The van der Waals surface area contributed by atoms with Gasteiger partial charge >= 0.3 is 12.0 Å². The van der Waals surface area contributed by atoms with Crippen molar-refractivity contribution in [3.63, 3.8) is 0 Å². The third-order valence-electron chi connectivity index (χ3n) is 3.28. The molecule has 7 nitrogen and oxygen atoms in total. The molecule has 3 amide bonds. The summed E-state index contributed by atoms with van der Waals surface area (Å²) in [5.41, 5.74) is 1.01. The van der Waals surface area contributed by atoms with Gasteiger partial charge in [-0.2, -0.15) is 0 Å². The van der Waals surface area contributed by atoms with Gasteiger partial charge in [-0.15, -0.1) is 0 Å². The summed E-state index contributed by atoms with van der Waals surface area (Å²) in [4.78, 5) is 37.2. The number of carbonyl (C=O) groups is 3. The van der Waals surface area contributed by atoms with E-state index in [0.29, 0.717) is 13.1 Å². The Morgan fingerprint density at radius 1 is 1.17 bits per heavy atom. The van der Waals surface area contributed by atoms with Crippen LogP contribution in [-0.4, -0.2) is 59.5 Å². The fourth-order valence-corrected chi connectivity index (χ4v) is 2.04. The van der Waals surface area contributed by atoms with Crippen molar-refractivity contribution in [2.45, 2.75) is 19.9 Å². The minimum Gasteiger partial charge on any atom is -0.480 e. The van der Waals surface area contributed by atoms with Crippen molar-refractivity contribution in [3.8, 4) is 0 Å². The molecule has 7 heteroatoms. The van der Waals surface area contributed by atoms with E-state index in [2.05, 4.69) is 5.32 Å². The summed E-state index contributed by atoms with van der Waals surface area (Å²) in [6.07, 6.45) is 0.0754. The number of rotatable bonds is 8. The fraction of sp³-hybridized carbons (Fsp3) is 0.438. The Kier molecular flexibility index (Phi) is 7.59. The van der Waals surface area contributed by atoms with Crippen LogP contribution in [-0.2, 0) is 16.1 Å². The zero-order valence-electron chi connectivity index (χ0n) is 13.5. The molecule has 0 spiro atoms. The Bertz CT molecular complexity index is 533. The van der Waals surface area contributed by atoms with Crippen LogP contribution in [0.25, 0.3) is 0 Å². The van der Waals surface area contributed by atoms with E-state index in [-0.39, 0.29) is 31.4 Å². The first-order valence-electron chi connectivity index (χ1n) is 7.46. The van der Waals surface area contributed by atoms with Gasteiger partial charge in [-0.1, -0.05) is 30.3 Å². The summed E-state index contributed by atoms with van der Waals surface area (Å²) >= 11 is 0. The molecule has 0 radical (unpaired) electrons. The molecule has 0 fully saturated rings. The zero-order valence-corrected chi connectivity index (χ0v) is 13.5. The maximum atomic E-state index is 11.9. The molecule has 0 aromatic heterocycles. The Morgan fingerprint density at radius 2 is 1.83 bits per heavy atom. The molecule has 126 valence electrons. The molecule has 2 N–H and O–H groups in total. The second-order valence-corrected chi connectivity index (χ2v) is 5.13. The molecule has 0 unspecified atom stereocenters. The lowest BCUT2D eigenvalue weighted by molar-refractivity contribution is -0.144. The van der Waals surface area contributed by atoms with Crippen molar-refractivity contribution in [1.29, 1.82) is 0 Å². The molecule has 0 heterocycles. The summed E-state index contributed by atoms with van der Waals surface area (Å²) in [6.45, 7) is 2.37. The Morgan fingerprint density at radius 3 is 2.39 bits per heavy atom. The number of likely N-dealkylation sites (N-methyl/N-ethyl adjacent to an activating group) is 1. The number of benzene rings is 1. The molecule has 0 aliphatic carbocycles. The average molecular weight is 321 g/mol. The van der Waals surface area contributed by atoms with Gasteiger partial charge in [0.2, 0.25) is 5.91 Å². The topological polar surface area (TPSA) is 90.0 Å². The van der Waals surface area contributed by atoms with Crippen LogP contribution in [0.15, 0.2) is 30.3 Å². The lowest BCUT2D eigenvalue weighted by Gasteiger charge is -2.20. The van der Waals surface area contributed by atoms with Gasteiger partial charge < -0.3 is 20.2 Å². The van der Waals surface area contributed by atoms with Crippen molar-refractivity contribution in [3.05, 3.63) is 35.9 Å². The van der Waals surface area contributed by atoms with Crippen LogP contribution < -0.4 is 5.32 Å². The van der Waals surface area contributed by atoms with Gasteiger partial charge in [0, 0.05) is 33.1 Å². The van der Waals surface area contributed by atoms with Crippen molar-refractivity contribution < 1.29 is 19.5 Å². The summed E-state index contributed by atoms with van der Waals surface area (Å²) in [5.74, 6) is -1.34. The van der Waals surface area contributed by atoms with Gasteiger partial charge in [0.25, 0.3) is 0 Å². The number of hydrogen-bond acceptors (Lipinski definition) is 3. The van der Waals surface area contributed by atoms with E-state index in [4.69, 9.17) is 5.11 Å². The number of carboxylic acid groups (broad SMARTS) is 1. The quantitative estimate of drug-likeness (QED) is 0.751. The van der Waals surface area contributed by atoms with Gasteiger partial charge in [0.15, 0.2) is 0 Å². The minimum absolute atomic E-state index is 0.0754. The number of carbonyl (C=O) groups excluding carboxylic acids is 2. The standard InChI is InChI=1S/C16H23N3O4/c1-3-19(12-15(21)22)14(20)9-10-17-16(23)18(2)11-13-7-5-4-6-8-13/h4-8H,3,9-12H2,1-2H3,(H,17,23)(H,21,22). The van der Waals surface area contributed by atoms with Gasteiger partial charge in [0.05, 0.1) is 0 Å². The van der Waals surface area contributed by atoms with Gasteiger partial charge in [-0.25, -0.2) is 4.79 Å². The second-order valence-electron chi connectivity index (χ2n) is 5.13. The monoisotopic (exact) mass is 321 g/mol. The van der Waals surface area contributed by atoms with Crippen LogP contribution in [0.5, 0.6) is 0 Å². The van der Waals surface area contributed by atoms with E-state index in [0.717, 1.165) is 5.56 Å². The number of carboxylic acids is 1. The number of nitrogens with one attached hydrogen (secondary N) is 1. The summed E-state index contributed by atoms with van der Waals surface area (Å²) < 4.78 is 0. The molecule has 0 aliphatic rings. The highest BCUT2D eigenvalue weighted by atomic mass is 16.4. The highest BCUT2D eigenvalue weighted by Gasteiger charge is 2.15. The van der Waals surface area contributed by atoms with E-state index in [9.17, 15) is 14.4 Å². The highest BCUT2D eigenvalue weighted by Crippen LogP contribution is 2.02. The molecule has 0 saturated carbocycles. The molecule has 0 bridgehead atoms. The third-order valence-corrected chi connectivity index (χ3v) is 3.28. The van der Waals surface area contributed by atoms with E-state index >= 15 is 0 Å². The summed E-state index contributed by atoms with van der Waals surface area (Å²) in [5, 5.41) is 11.4. The lowest BCUT2D eigenvalue weighted by atomic mass is 10.2. The molecule has 1 rings (SSSR count). The minimum atomic E-state index is -1.05. The number of hydrogen-bond donors (Lipinski definition) is 2. The second kappa shape index (κ2) is 9.45. The summed E-state index contributed by atoms with van der Waals surface area (Å²) in [7, 11) is 1.67. The Labute approximate surface area is 135 Å². The Hall–Kier alpha value is -2.57. The van der Waals surface area contributed by atoms with Crippen LogP contribution in [0.4, 0.5) is 4.79 Å². The van der Waals surface area contributed by atoms with E-state index < -0.39 is 5.97 Å². The van der Waals surface area contributed by atoms with Gasteiger partial charge in [0.1, 0.15) is 6.54 Å². The Balaban J connectivity index is 2.35. The van der Waals surface area contributed by atoms with E-state index in [1.54, 1.807) is 14.0 Å². The van der Waals surface area contributed by atoms with Gasteiger partial charge in [-0.05, 0) is 12.5 Å². The lowest BCUT2D eigenvalue weighted by Crippen LogP contribution is -2.40. The maximum Gasteiger partial charge on any atom is 0.323 e. The summed E-state index contributed by atoms with van der Waals surface area (Å²) in [6, 6.07) is 9.30. The van der Waals surface area contributed by atoms with Crippen LogP contribution >= 0.6 is 0 Å². The molecule has 0 saturated heterocycles. The van der Waals surface area contributed by atoms with Crippen molar-refractivity contribution >= 4 is 17.9 Å². The molecular formula is C16H23N3O4. The predicted octanol–water partition coefficient (Wildman–Crippen LogP) is 1.15. The smallest absolute Gasteiger partial charge is 0.323 e. The largest absolute Gasteiger partial charge is 0.480 e.